The molecule has 2 rings (SSSR count). The van der Waals surface area contributed by atoms with Crippen LogP contribution in [0.5, 0.6) is 5.75 Å². The van der Waals surface area contributed by atoms with E-state index >= 15 is 0 Å². The first-order chi connectivity index (χ1) is 12.1. The molecule has 140 valence electrons. The molecule has 0 atom stereocenters. The Balaban J connectivity index is 2.20. The highest BCUT2D eigenvalue weighted by Gasteiger charge is 2.26. The smallest absolute Gasteiger partial charge is 0.246 e. The van der Waals surface area contributed by atoms with Crippen LogP contribution >= 0.6 is 23.2 Å². The number of nitrogens with zero attached hydrogens (tertiary/aromatic N) is 1. The molecule has 6 nitrogen and oxygen atoms in total. The van der Waals surface area contributed by atoms with Crippen molar-refractivity contribution in [1.29, 1.82) is 0 Å². The van der Waals surface area contributed by atoms with Gasteiger partial charge >= 0.3 is 0 Å². The largest absolute Gasteiger partial charge is 0.495 e. The van der Waals surface area contributed by atoms with Gasteiger partial charge in [0.1, 0.15) is 10.6 Å². The van der Waals surface area contributed by atoms with Crippen molar-refractivity contribution >= 4 is 44.8 Å². The number of benzene rings is 2. The highest BCUT2D eigenvalue weighted by molar-refractivity contribution is 7.89. The summed E-state index contributed by atoms with van der Waals surface area (Å²) in [5.41, 5.74) is 1.07. The molecule has 1 N–H and O–H groups in total. The summed E-state index contributed by atoms with van der Waals surface area (Å²) >= 11 is 11.9. The summed E-state index contributed by atoms with van der Waals surface area (Å²) in [4.78, 5) is 12.2. The first-order valence-electron chi connectivity index (χ1n) is 7.51. The van der Waals surface area contributed by atoms with Gasteiger partial charge in [0.2, 0.25) is 15.9 Å². The lowest BCUT2D eigenvalue weighted by Gasteiger charge is -2.19. The van der Waals surface area contributed by atoms with E-state index in [-0.39, 0.29) is 10.6 Å². The molecule has 0 unspecified atom stereocenters. The molecule has 0 saturated heterocycles. The number of likely N-dealkylation sites (N-methyl/N-ethyl adjacent to an activating group) is 1. The van der Waals surface area contributed by atoms with Crippen molar-refractivity contribution in [3.8, 4) is 5.75 Å². The molecule has 0 radical (unpaired) electrons. The highest BCUT2D eigenvalue weighted by atomic mass is 35.5. The summed E-state index contributed by atoms with van der Waals surface area (Å²) in [5.74, 6) is -0.340. The maximum Gasteiger partial charge on any atom is 0.246 e. The van der Waals surface area contributed by atoms with Crippen molar-refractivity contribution in [2.75, 3.05) is 26.0 Å². The maximum absolute atomic E-state index is 12.8. The predicted molar refractivity (Wildman–Crippen MR) is 103 cm³/mol. The first-order valence-corrected chi connectivity index (χ1v) is 9.70. The van der Waals surface area contributed by atoms with Gasteiger partial charge in [-0.05, 0) is 42.8 Å². The molecule has 0 spiro atoms. The summed E-state index contributed by atoms with van der Waals surface area (Å²) < 4.78 is 31.7. The third-order valence-corrected chi connectivity index (χ3v) is 5.97. The van der Waals surface area contributed by atoms with Gasteiger partial charge in [-0.15, -0.1) is 0 Å². The molecule has 0 aliphatic heterocycles. The van der Waals surface area contributed by atoms with Crippen molar-refractivity contribution in [1.82, 2.24) is 4.31 Å². The predicted octanol–water partition coefficient (Wildman–Crippen LogP) is 3.57. The molecule has 0 aliphatic carbocycles. The number of hydrogen-bond donors (Lipinski definition) is 1. The van der Waals surface area contributed by atoms with E-state index in [1.54, 1.807) is 25.1 Å². The van der Waals surface area contributed by atoms with Crippen LogP contribution in [0.15, 0.2) is 41.3 Å². The van der Waals surface area contributed by atoms with Crippen LogP contribution in [0.1, 0.15) is 5.56 Å². The van der Waals surface area contributed by atoms with Gasteiger partial charge in [-0.25, -0.2) is 8.42 Å². The van der Waals surface area contributed by atoms with Gasteiger partial charge in [-0.3, -0.25) is 4.79 Å². The molecule has 0 aromatic heterocycles. The van der Waals surface area contributed by atoms with E-state index in [4.69, 9.17) is 27.9 Å². The van der Waals surface area contributed by atoms with Gasteiger partial charge in [0.05, 0.1) is 24.4 Å². The molecule has 0 heterocycles. The molecule has 2 aromatic rings. The monoisotopic (exact) mass is 416 g/mol. The summed E-state index contributed by atoms with van der Waals surface area (Å²) in [6.45, 7) is 1.37. The number of amides is 1. The molecule has 0 saturated carbocycles. The Labute approximate surface area is 162 Å². The molecule has 9 heteroatoms. The third kappa shape index (κ3) is 4.67. The molecule has 0 fully saturated rings. The van der Waals surface area contributed by atoms with Crippen LogP contribution in [0, 0.1) is 6.92 Å². The van der Waals surface area contributed by atoms with Crippen LogP contribution in [-0.4, -0.2) is 39.3 Å². The molecule has 2 aromatic carbocycles. The minimum absolute atomic E-state index is 0.00362. The molecule has 0 aliphatic rings. The van der Waals surface area contributed by atoms with E-state index in [0.717, 1.165) is 9.87 Å². The molecular formula is C17H18Cl2N2O4S. The van der Waals surface area contributed by atoms with Gasteiger partial charge in [0, 0.05) is 12.1 Å². The van der Waals surface area contributed by atoms with E-state index in [0.29, 0.717) is 15.7 Å². The number of halogens is 2. The van der Waals surface area contributed by atoms with Gasteiger partial charge in [-0.2, -0.15) is 4.31 Å². The van der Waals surface area contributed by atoms with Gasteiger partial charge in [-0.1, -0.05) is 29.3 Å². The molecular weight excluding hydrogens is 399 g/mol. The van der Waals surface area contributed by atoms with Gasteiger partial charge in [0.15, 0.2) is 0 Å². The van der Waals surface area contributed by atoms with Gasteiger partial charge in [0.25, 0.3) is 0 Å². The lowest BCUT2D eigenvalue weighted by molar-refractivity contribution is -0.116. The van der Waals surface area contributed by atoms with Crippen molar-refractivity contribution in [3.63, 3.8) is 0 Å². The van der Waals surface area contributed by atoms with Crippen molar-refractivity contribution in [2.24, 2.45) is 0 Å². The van der Waals surface area contributed by atoms with Crippen LogP contribution in [0.4, 0.5) is 5.69 Å². The zero-order chi connectivity index (χ0) is 19.5. The Hall–Kier alpha value is -1.80. The zero-order valence-corrected chi connectivity index (χ0v) is 16.7. The fourth-order valence-corrected chi connectivity index (χ4v) is 3.92. The van der Waals surface area contributed by atoms with E-state index in [9.17, 15) is 13.2 Å². The Morgan fingerprint density at radius 1 is 1.19 bits per heavy atom. The Bertz CT molecular complexity index is 932. The van der Waals surface area contributed by atoms with Crippen LogP contribution in [0.25, 0.3) is 0 Å². The van der Waals surface area contributed by atoms with E-state index in [1.165, 1.54) is 32.4 Å². The second kappa shape index (κ2) is 8.26. The third-order valence-electron chi connectivity index (χ3n) is 3.58. The average Bonchev–Trinajstić information content (AvgIpc) is 2.58. The number of rotatable bonds is 6. The van der Waals surface area contributed by atoms with Crippen LogP contribution in [0.3, 0.4) is 0 Å². The molecule has 1 amide bonds. The lowest BCUT2D eigenvalue weighted by atomic mass is 10.2. The van der Waals surface area contributed by atoms with Crippen molar-refractivity contribution in [3.05, 3.63) is 52.0 Å². The van der Waals surface area contributed by atoms with E-state index in [2.05, 4.69) is 5.32 Å². The Morgan fingerprint density at radius 3 is 2.54 bits per heavy atom. The van der Waals surface area contributed by atoms with Crippen LogP contribution in [0.2, 0.25) is 10.0 Å². The number of carbonyl (C=O) groups excluding carboxylic acids is 1. The van der Waals surface area contributed by atoms with Gasteiger partial charge < -0.3 is 10.1 Å². The number of sulfonamides is 1. The summed E-state index contributed by atoms with van der Waals surface area (Å²) in [6, 6.07) is 9.42. The standard InChI is InChI=1S/C17H18Cl2N2O4S/c1-11-4-7-15(25-3)16(8-11)26(23,24)21(2)10-17(22)20-14-9-12(18)5-6-13(14)19/h4-9H,10H2,1-3H3,(H,20,22). The quantitative estimate of drug-likeness (QED) is 0.780. The fraction of sp³-hybridized carbons (Fsp3) is 0.235. The SMILES string of the molecule is COc1ccc(C)cc1S(=O)(=O)N(C)CC(=O)Nc1cc(Cl)ccc1Cl. The van der Waals surface area contributed by atoms with E-state index < -0.39 is 22.5 Å². The minimum Gasteiger partial charge on any atom is -0.495 e. The molecule has 26 heavy (non-hydrogen) atoms. The summed E-state index contributed by atoms with van der Waals surface area (Å²) in [7, 11) is -1.22. The van der Waals surface area contributed by atoms with Crippen LogP contribution < -0.4 is 10.1 Å². The fourth-order valence-electron chi connectivity index (χ4n) is 2.22. The Morgan fingerprint density at radius 2 is 1.88 bits per heavy atom. The second-order valence-corrected chi connectivity index (χ2v) is 8.44. The van der Waals surface area contributed by atoms with E-state index in [1.807, 2.05) is 0 Å². The average molecular weight is 417 g/mol. The minimum atomic E-state index is -3.92. The number of methoxy groups -OCH3 is 1. The first kappa shape index (κ1) is 20.5. The summed E-state index contributed by atoms with van der Waals surface area (Å²) in [5, 5.41) is 3.25. The van der Waals surface area contributed by atoms with Crippen molar-refractivity contribution < 1.29 is 17.9 Å². The number of nitrogens with one attached hydrogen (secondary N) is 1. The number of hydrogen-bond acceptors (Lipinski definition) is 4. The number of ether oxygens (including phenoxy) is 1. The Kier molecular flexibility index (Phi) is 6.52. The second-order valence-electron chi connectivity index (χ2n) is 5.59. The maximum atomic E-state index is 12.8. The zero-order valence-electron chi connectivity index (χ0n) is 14.4. The molecule has 0 bridgehead atoms. The number of carbonyl (C=O) groups is 1. The highest BCUT2D eigenvalue weighted by Crippen LogP contribution is 2.28. The topological polar surface area (TPSA) is 75.7 Å². The summed E-state index contributed by atoms with van der Waals surface area (Å²) in [6.07, 6.45) is 0. The normalized spacial score (nSPS) is 11.5. The lowest BCUT2D eigenvalue weighted by Crippen LogP contribution is -2.35. The number of anilines is 1. The van der Waals surface area contributed by atoms with Crippen molar-refractivity contribution in [2.45, 2.75) is 11.8 Å². The number of aryl methyl sites for hydroxylation is 1. The van der Waals surface area contributed by atoms with Crippen LogP contribution in [-0.2, 0) is 14.8 Å².